The van der Waals surface area contributed by atoms with Crippen LogP contribution in [-0.4, -0.2) is 17.1 Å². The molecule has 1 fully saturated rings. The maximum atomic E-state index is 11.4. The molecule has 1 saturated carbocycles. The summed E-state index contributed by atoms with van der Waals surface area (Å²) in [5, 5.41) is 12.0. The predicted octanol–water partition coefficient (Wildman–Crippen LogP) is 4.27. The lowest BCUT2D eigenvalue weighted by Crippen LogP contribution is -2.26. The number of anilines is 1. The van der Waals surface area contributed by atoms with Crippen molar-refractivity contribution in [3.63, 3.8) is 0 Å². The molecule has 5 heteroatoms. The molecule has 0 aliphatic heterocycles. The molecule has 1 aromatic carbocycles. The van der Waals surface area contributed by atoms with Gasteiger partial charge in [0.25, 0.3) is 0 Å². The largest absolute Gasteiger partial charge is 0.478 e. The van der Waals surface area contributed by atoms with E-state index in [1.54, 1.807) is 29.5 Å². The third-order valence-corrected chi connectivity index (χ3v) is 4.49. The van der Waals surface area contributed by atoms with Crippen LogP contribution in [0.1, 0.15) is 28.1 Å². The molecule has 0 bridgehead atoms. The van der Waals surface area contributed by atoms with Crippen molar-refractivity contribution in [3.8, 4) is 0 Å². The highest BCUT2D eigenvalue weighted by molar-refractivity contribution is 7.09. The minimum atomic E-state index is -0.909. The Morgan fingerprint density at radius 3 is 2.80 bits per heavy atom. The molecule has 104 valence electrons. The molecule has 0 atom stereocenters. The Bertz CT molecular complexity index is 623. The number of aromatic carboxylic acids is 1. The first-order chi connectivity index (χ1) is 9.65. The van der Waals surface area contributed by atoms with Gasteiger partial charge >= 0.3 is 5.97 Å². The molecule has 0 saturated heterocycles. The van der Waals surface area contributed by atoms with Gasteiger partial charge in [-0.2, -0.15) is 0 Å². The zero-order chi connectivity index (χ0) is 14.1. The van der Waals surface area contributed by atoms with Gasteiger partial charge in [0.2, 0.25) is 0 Å². The van der Waals surface area contributed by atoms with Crippen LogP contribution in [-0.2, 0) is 6.54 Å². The third-order valence-electron chi connectivity index (χ3n) is 3.39. The normalized spacial score (nSPS) is 14.2. The van der Waals surface area contributed by atoms with Gasteiger partial charge in [0.1, 0.15) is 0 Å². The van der Waals surface area contributed by atoms with E-state index in [1.807, 2.05) is 11.4 Å². The Hall–Kier alpha value is -1.52. The summed E-state index contributed by atoms with van der Waals surface area (Å²) in [6, 6.07) is 9.49. The van der Waals surface area contributed by atoms with E-state index in [9.17, 15) is 9.90 Å². The Kier molecular flexibility index (Phi) is 3.68. The highest BCUT2D eigenvalue weighted by atomic mass is 35.5. The number of carboxylic acid groups (broad SMARTS) is 1. The molecule has 0 amide bonds. The number of nitrogens with zero attached hydrogens (tertiary/aromatic N) is 1. The van der Waals surface area contributed by atoms with Crippen LogP contribution in [0.2, 0.25) is 5.02 Å². The van der Waals surface area contributed by atoms with Crippen LogP contribution in [0.15, 0.2) is 35.7 Å². The summed E-state index contributed by atoms with van der Waals surface area (Å²) in [6.45, 7) is 0.739. The summed E-state index contributed by atoms with van der Waals surface area (Å²) in [6.07, 6.45) is 2.22. The first kappa shape index (κ1) is 13.5. The Morgan fingerprint density at radius 2 is 2.20 bits per heavy atom. The molecular formula is C15H14ClNO2S. The maximum Gasteiger partial charge on any atom is 0.337 e. The van der Waals surface area contributed by atoms with Gasteiger partial charge in [-0.3, -0.25) is 0 Å². The average Bonchev–Trinajstić information content (AvgIpc) is 3.12. The second-order valence-electron chi connectivity index (χ2n) is 4.91. The number of rotatable bonds is 5. The molecule has 0 radical (unpaired) electrons. The Balaban J connectivity index is 1.98. The summed E-state index contributed by atoms with van der Waals surface area (Å²) < 4.78 is 0. The van der Waals surface area contributed by atoms with Crippen LogP contribution in [0.3, 0.4) is 0 Å². The second kappa shape index (κ2) is 5.46. The number of hydrogen-bond acceptors (Lipinski definition) is 3. The van der Waals surface area contributed by atoms with Crippen LogP contribution in [0.4, 0.5) is 5.69 Å². The molecule has 20 heavy (non-hydrogen) atoms. The Labute approximate surface area is 126 Å². The van der Waals surface area contributed by atoms with Crippen molar-refractivity contribution in [1.29, 1.82) is 0 Å². The molecule has 1 N–H and O–H groups in total. The van der Waals surface area contributed by atoms with Gasteiger partial charge in [-0.15, -0.1) is 11.3 Å². The monoisotopic (exact) mass is 307 g/mol. The molecular weight excluding hydrogens is 294 g/mol. The molecule has 1 aromatic heterocycles. The van der Waals surface area contributed by atoms with Crippen molar-refractivity contribution in [3.05, 3.63) is 51.2 Å². The number of hydrogen-bond donors (Lipinski definition) is 1. The first-order valence-corrected chi connectivity index (χ1v) is 7.73. The topological polar surface area (TPSA) is 40.5 Å². The van der Waals surface area contributed by atoms with Crippen LogP contribution in [0.5, 0.6) is 0 Å². The van der Waals surface area contributed by atoms with E-state index in [-0.39, 0.29) is 0 Å². The molecule has 1 aliphatic carbocycles. The molecule has 0 unspecified atom stereocenters. The summed E-state index contributed by atoms with van der Waals surface area (Å²) in [7, 11) is 0. The summed E-state index contributed by atoms with van der Waals surface area (Å²) >= 11 is 7.74. The van der Waals surface area contributed by atoms with E-state index >= 15 is 0 Å². The van der Waals surface area contributed by atoms with Gasteiger partial charge in [0.05, 0.1) is 17.8 Å². The van der Waals surface area contributed by atoms with Crippen molar-refractivity contribution >= 4 is 34.6 Å². The predicted molar refractivity (Wildman–Crippen MR) is 81.9 cm³/mol. The number of thiophene rings is 1. The van der Waals surface area contributed by atoms with Gasteiger partial charge < -0.3 is 10.0 Å². The summed E-state index contributed by atoms with van der Waals surface area (Å²) in [4.78, 5) is 14.8. The van der Waals surface area contributed by atoms with Gasteiger partial charge in [-0.25, -0.2) is 4.79 Å². The minimum absolute atomic E-state index is 0.317. The van der Waals surface area contributed by atoms with Crippen LogP contribution < -0.4 is 4.90 Å². The zero-order valence-corrected chi connectivity index (χ0v) is 12.3. The molecule has 3 nitrogen and oxygen atoms in total. The van der Waals surface area contributed by atoms with E-state index < -0.39 is 5.97 Å². The number of carbonyl (C=O) groups is 1. The van der Waals surface area contributed by atoms with Crippen molar-refractivity contribution in [2.45, 2.75) is 25.4 Å². The van der Waals surface area contributed by atoms with E-state index in [0.29, 0.717) is 16.6 Å². The van der Waals surface area contributed by atoms with Gasteiger partial charge in [0.15, 0.2) is 0 Å². The third kappa shape index (κ3) is 2.81. The highest BCUT2D eigenvalue weighted by Gasteiger charge is 2.31. The lowest BCUT2D eigenvalue weighted by atomic mass is 10.1. The molecule has 1 aliphatic rings. The quantitative estimate of drug-likeness (QED) is 0.897. The van der Waals surface area contributed by atoms with Gasteiger partial charge in [-0.05, 0) is 42.5 Å². The van der Waals surface area contributed by atoms with Crippen LogP contribution in [0, 0.1) is 0 Å². The smallest absolute Gasteiger partial charge is 0.337 e. The Morgan fingerprint density at radius 1 is 1.40 bits per heavy atom. The SMILES string of the molecule is O=C(O)c1ccc(Cl)cc1N(Cc1cccs1)C1CC1. The van der Waals surface area contributed by atoms with E-state index in [1.165, 1.54) is 4.88 Å². The van der Waals surface area contributed by atoms with Gasteiger partial charge in [-0.1, -0.05) is 17.7 Å². The van der Waals surface area contributed by atoms with Crippen molar-refractivity contribution < 1.29 is 9.90 Å². The number of carboxylic acids is 1. The van der Waals surface area contributed by atoms with Crippen molar-refractivity contribution in [1.82, 2.24) is 0 Å². The first-order valence-electron chi connectivity index (χ1n) is 6.47. The fraction of sp³-hybridized carbons (Fsp3) is 0.267. The molecule has 0 spiro atoms. The lowest BCUT2D eigenvalue weighted by Gasteiger charge is -2.26. The molecule has 1 heterocycles. The number of benzene rings is 1. The van der Waals surface area contributed by atoms with E-state index in [0.717, 1.165) is 25.1 Å². The number of halogens is 1. The highest BCUT2D eigenvalue weighted by Crippen LogP contribution is 2.36. The molecule has 2 aromatic rings. The zero-order valence-electron chi connectivity index (χ0n) is 10.8. The van der Waals surface area contributed by atoms with E-state index in [2.05, 4.69) is 11.0 Å². The van der Waals surface area contributed by atoms with Crippen molar-refractivity contribution in [2.24, 2.45) is 0 Å². The van der Waals surface area contributed by atoms with E-state index in [4.69, 9.17) is 11.6 Å². The summed E-state index contributed by atoms with van der Waals surface area (Å²) in [5.74, 6) is -0.909. The summed E-state index contributed by atoms with van der Waals surface area (Å²) in [5.41, 5.74) is 1.04. The van der Waals surface area contributed by atoms with Gasteiger partial charge in [0, 0.05) is 15.9 Å². The van der Waals surface area contributed by atoms with Crippen LogP contribution >= 0.6 is 22.9 Å². The van der Waals surface area contributed by atoms with Crippen molar-refractivity contribution in [2.75, 3.05) is 4.90 Å². The minimum Gasteiger partial charge on any atom is -0.478 e. The fourth-order valence-corrected chi connectivity index (χ4v) is 3.16. The maximum absolute atomic E-state index is 11.4. The average molecular weight is 308 g/mol. The standard InChI is InChI=1S/C15H14ClNO2S/c16-10-3-6-13(15(18)19)14(8-10)17(11-4-5-11)9-12-2-1-7-20-12/h1-3,6-8,11H,4-5,9H2,(H,18,19). The lowest BCUT2D eigenvalue weighted by molar-refractivity contribution is 0.0697. The molecule has 3 rings (SSSR count). The second-order valence-corrected chi connectivity index (χ2v) is 6.37. The fourth-order valence-electron chi connectivity index (χ4n) is 2.29. The van der Waals surface area contributed by atoms with Crippen LogP contribution in [0.25, 0.3) is 0 Å².